The molecule has 16 nitrogen and oxygen atoms in total. The number of imide groups is 1. The molecule has 1 aliphatic rings. The molecule has 0 atom stereocenters. The Kier molecular flexibility index (Phi) is 19.0. The predicted octanol–water partition coefficient (Wildman–Crippen LogP) is 0.344. The molecule has 0 saturated heterocycles. The lowest BCUT2D eigenvalue weighted by Gasteiger charge is -2.19. The third-order valence-electron chi connectivity index (χ3n) is 5.42. The van der Waals surface area contributed by atoms with Gasteiger partial charge in [-0.15, -0.1) is 5.10 Å². The second-order valence-electron chi connectivity index (χ2n) is 10.3. The second-order valence-corrected chi connectivity index (χ2v) is 10.3. The van der Waals surface area contributed by atoms with E-state index in [4.69, 9.17) is 37.9 Å². The van der Waals surface area contributed by atoms with Crippen molar-refractivity contribution in [1.29, 1.82) is 0 Å². The topological polar surface area (TPSA) is 171 Å². The second kappa shape index (κ2) is 22.5. The highest BCUT2D eigenvalue weighted by Gasteiger charge is 2.24. The molecule has 250 valence electrons. The van der Waals surface area contributed by atoms with Gasteiger partial charge in [-0.05, 0) is 20.8 Å². The predicted molar refractivity (Wildman–Crippen MR) is 155 cm³/mol. The van der Waals surface area contributed by atoms with Crippen LogP contribution in [0.4, 0.5) is 4.79 Å². The molecule has 2 heterocycles. The number of ether oxygens (including phenoxy) is 8. The standard InChI is InChI=1S/C28H47N5O11/c1-28(2,3)44-27(36)29-6-8-37-10-12-39-14-16-41-18-20-43-21-19-42-17-15-40-13-11-38-9-7-32-22-24(30-31-32)23-33-25(34)4-5-26(33)35/h4-5,22H,6-21,23H2,1-3H3,(H,29,36). The van der Waals surface area contributed by atoms with Crippen LogP contribution in [0.3, 0.4) is 0 Å². The summed E-state index contributed by atoms with van der Waals surface area (Å²) >= 11 is 0. The number of carbonyl (C=O) groups excluding carboxylic acids is 3. The number of rotatable bonds is 26. The molecule has 0 aromatic carbocycles. The van der Waals surface area contributed by atoms with Gasteiger partial charge in [0.15, 0.2) is 0 Å². The van der Waals surface area contributed by atoms with Crippen molar-refractivity contribution in [2.24, 2.45) is 0 Å². The minimum atomic E-state index is -0.518. The monoisotopic (exact) mass is 629 g/mol. The van der Waals surface area contributed by atoms with Crippen molar-refractivity contribution in [3.05, 3.63) is 24.0 Å². The van der Waals surface area contributed by atoms with Crippen LogP contribution in [0.25, 0.3) is 0 Å². The number of alkyl carbamates (subject to hydrolysis) is 1. The maximum absolute atomic E-state index is 11.6. The van der Waals surface area contributed by atoms with Gasteiger partial charge in [0, 0.05) is 18.7 Å². The Hall–Kier alpha value is -2.99. The summed E-state index contributed by atoms with van der Waals surface area (Å²) < 4.78 is 44.9. The molecule has 1 aromatic heterocycles. The molecule has 1 aromatic rings. The zero-order valence-electron chi connectivity index (χ0n) is 26.0. The number of hydrogen-bond donors (Lipinski definition) is 1. The number of nitrogens with one attached hydrogen (secondary N) is 1. The molecule has 1 N–H and O–H groups in total. The first-order valence-corrected chi connectivity index (χ1v) is 14.7. The summed E-state index contributed by atoms with van der Waals surface area (Å²) in [5, 5.41) is 10.6. The van der Waals surface area contributed by atoms with E-state index in [-0.39, 0.29) is 18.4 Å². The van der Waals surface area contributed by atoms with Crippen LogP contribution < -0.4 is 5.32 Å². The average Bonchev–Trinajstić information content (AvgIpc) is 3.55. The third-order valence-corrected chi connectivity index (χ3v) is 5.42. The van der Waals surface area contributed by atoms with Crippen molar-refractivity contribution in [3.8, 4) is 0 Å². The maximum Gasteiger partial charge on any atom is 0.407 e. The zero-order valence-corrected chi connectivity index (χ0v) is 26.0. The fraction of sp³-hybridized carbons (Fsp3) is 0.750. The van der Waals surface area contributed by atoms with Crippen LogP contribution in [0, 0.1) is 0 Å². The van der Waals surface area contributed by atoms with Gasteiger partial charge in [-0.1, -0.05) is 5.21 Å². The van der Waals surface area contributed by atoms with Crippen LogP contribution in [0.2, 0.25) is 0 Å². The number of aromatic nitrogens is 3. The molecule has 2 rings (SSSR count). The van der Waals surface area contributed by atoms with Gasteiger partial charge in [0.05, 0.1) is 112 Å². The molecule has 0 bridgehead atoms. The number of amides is 3. The fourth-order valence-corrected chi connectivity index (χ4v) is 3.39. The first kappa shape index (κ1) is 37.2. The molecular weight excluding hydrogens is 582 g/mol. The highest BCUT2D eigenvalue weighted by molar-refractivity contribution is 6.12. The van der Waals surface area contributed by atoms with Gasteiger partial charge >= 0.3 is 6.09 Å². The largest absolute Gasteiger partial charge is 0.444 e. The average molecular weight is 630 g/mol. The van der Waals surface area contributed by atoms with Crippen molar-refractivity contribution in [2.75, 3.05) is 99.0 Å². The van der Waals surface area contributed by atoms with Crippen molar-refractivity contribution >= 4 is 17.9 Å². The molecule has 3 amide bonds. The van der Waals surface area contributed by atoms with E-state index < -0.39 is 11.7 Å². The van der Waals surface area contributed by atoms with Crippen molar-refractivity contribution in [2.45, 2.75) is 39.5 Å². The van der Waals surface area contributed by atoms with Gasteiger partial charge in [-0.25, -0.2) is 9.48 Å². The Balaban J connectivity index is 1.24. The quantitative estimate of drug-likeness (QED) is 0.110. The van der Waals surface area contributed by atoms with E-state index in [1.54, 1.807) is 10.9 Å². The van der Waals surface area contributed by atoms with E-state index in [1.807, 2.05) is 20.8 Å². The minimum Gasteiger partial charge on any atom is -0.444 e. The van der Waals surface area contributed by atoms with Crippen LogP contribution >= 0.6 is 0 Å². The van der Waals surface area contributed by atoms with Crippen LogP contribution in [-0.4, -0.2) is 142 Å². The number of carbonyl (C=O) groups is 3. The summed E-state index contributed by atoms with van der Waals surface area (Å²) in [6, 6.07) is 0. The highest BCUT2D eigenvalue weighted by atomic mass is 16.6. The molecule has 1 aliphatic heterocycles. The van der Waals surface area contributed by atoms with Crippen LogP contribution in [0.15, 0.2) is 18.3 Å². The Morgan fingerprint density at radius 3 is 1.59 bits per heavy atom. The van der Waals surface area contributed by atoms with Gasteiger partial charge in [0.25, 0.3) is 11.8 Å². The summed E-state index contributed by atoms with van der Waals surface area (Å²) in [4.78, 5) is 35.8. The zero-order chi connectivity index (χ0) is 31.9. The molecule has 44 heavy (non-hydrogen) atoms. The lowest BCUT2D eigenvalue weighted by molar-refractivity contribution is -0.137. The Morgan fingerprint density at radius 1 is 0.705 bits per heavy atom. The Morgan fingerprint density at radius 2 is 1.14 bits per heavy atom. The molecule has 0 unspecified atom stereocenters. The van der Waals surface area contributed by atoms with Gasteiger partial charge in [0.2, 0.25) is 0 Å². The van der Waals surface area contributed by atoms with Gasteiger partial charge < -0.3 is 43.2 Å². The minimum absolute atomic E-state index is 0.0947. The van der Waals surface area contributed by atoms with Crippen molar-refractivity contribution in [1.82, 2.24) is 25.2 Å². The van der Waals surface area contributed by atoms with E-state index in [1.165, 1.54) is 12.2 Å². The lowest BCUT2D eigenvalue weighted by Crippen LogP contribution is -2.34. The molecule has 0 radical (unpaired) electrons. The van der Waals surface area contributed by atoms with Crippen LogP contribution in [-0.2, 0) is 60.6 Å². The normalized spacial score (nSPS) is 13.3. The van der Waals surface area contributed by atoms with Crippen LogP contribution in [0.1, 0.15) is 26.5 Å². The maximum atomic E-state index is 11.6. The summed E-state index contributed by atoms with van der Waals surface area (Å²) in [6.07, 6.45) is 3.70. The van der Waals surface area contributed by atoms with Crippen molar-refractivity contribution in [3.63, 3.8) is 0 Å². The van der Waals surface area contributed by atoms with E-state index >= 15 is 0 Å². The molecule has 0 saturated carbocycles. The smallest absolute Gasteiger partial charge is 0.407 e. The molecule has 0 aliphatic carbocycles. The van der Waals surface area contributed by atoms with E-state index in [0.29, 0.717) is 111 Å². The molecule has 0 spiro atoms. The first-order chi connectivity index (χ1) is 21.2. The van der Waals surface area contributed by atoms with E-state index in [2.05, 4.69) is 15.6 Å². The Labute approximate surface area is 258 Å². The highest BCUT2D eigenvalue weighted by Crippen LogP contribution is 2.08. The van der Waals surface area contributed by atoms with Gasteiger partial charge in [-0.3, -0.25) is 14.5 Å². The molecule has 16 heteroatoms. The van der Waals surface area contributed by atoms with E-state index in [9.17, 15) is 14.4 Å². The summed E-state index contributed by atoms with van der Waals surface area (Å²) in [6.45, 7) is 12.6. The lowest BCUT2D eigenvalue weighted by atomic mass is 10.2. The third kappa shape index (κ3) is 18.6. The fourth-order valence-electron chi connectivity index (χ4n) is 3.39. The SMILES string of the molecule is CC(C)(C)OC(=O)NCCOCCOCCOCCOCCOCCOCCOCCn1cc(CN2C(=O)C=CC2=O)nn1. The molecular formula is C28H47N5O11. The summed E-state index contributed by atoms with van der Waals surface area (Å²) in [7, 11) is 0. The van der Waals surface area contributed by atoms with Crippen molar-refractivity contribution < 1.29 is 52.3 Å². The number of nitrogens with zero attached hydrogens (tertiary/aromatic N) is 4. The first-order valence-electron chi connectivity index (χ1n) is 14.7. The Bertz CT molecular complexity index is 965. The van der Waals surface area contributed by atoms with E-state index in [0.717, 1.165) is 4.90 Å². The van der Waals surface area contributed by atoms with Gasteiger partial charge in [0.1, 0.15) is 11.3 Å². The molecule has 0 fully saturated rings. The summed E-state index contributed by atoms with van der Waals surface area (Å²) in [5.41, 5.74) is 0.0120. The van der Waals surface area contributed by atoms with Crippen LogP contribution in [0.5, 0.6) is 0 Å². The number of hydrogen-bond acceptors (Lipinski definition) is 13. The van der Waals surface area contributed by atoms with Gasteiger partial charge in [-0.2, -0.15) is 0 Å². The summed E-state index contributed by atoms with van der Waals surface area (Å²) in [5.74, 6) is -0.702.